The molecule has 2 aromatic carbocycles. The number of sulfonamides is 1. The number of aryl methyl sites for hydroxylation is 1. The van der Waals surface area contributed by atoms with Gasteiger partial charge in [-0.15, -0.1) is 0 Å². The number of para-hydroxylation sites is 1. The molecule has 8 nitrogen and oxygen atoms in total. The summed E-state index contributed by atoms with van der Waals surface area (Å²) in [5.74, 6) is 0.918. The SMILES string of the molecule is CCc1ccccc1N(CC(=O)NCc1ccc(OC)c(OC)c1OC)S(C)(=O)=O. The Balaban J connectivity index is 2.22. The number of nitrogens with zero attached hydrogens (tertiary/aromatic N) is 1. The number of ether oxygens (including phenoxy) is 3. The number of hydrogen-bond donors (Lipinski definition) is 1. The largest absolute Gasteiger partial charge is 0.493 e. The zero-order valence-corrected chi connectivity index (χ0v) is 18.7. The highest BCUT2D eigenvalue weighted by Crippen LogP contribution is 2.39. The summed E-state index contributed by atoms with van der Waals surface area (Å²) < 4.78 is 41.9. The van der Waals surface area contributed by atoms with Gasteiger partial charge in [0.1, 0.15) is 6.54 Å². The van der Waals surface area contributed by atoms with E-state index in [1.165, 1.54) is 21.3 Å². The van der Waals surface area contributed by atoms with Crippen LogP contribution in [0.2, 0.25) is 0 Å². The summed E-state index contributed by atoms with van der Waals surface area (Å²) in [6.45, 7) is 1.74. The van der Waals surface area contributed by atoms with Crippen molar-refractivity contribution in [1.29, 1.82) is 0 Å². The number of carbonyl (C=O) groups is 1. The Morgan fingerprint density at radius 3 is 2.20 bits per heavy atom. The number of carbonyl (C=O) groups excluding carboxylic acids is 1. The van der Waals surface area contributed by atoms with Crippen LogP contribution in [0.25, 0.3) is 0 Å². The Hall–Kier alpha value is -2.94. The number of benzene rings is 2. The summed E-state index contributed by atoms with van der Waals surface area (Å²) in [7, 11) is 0.864. The molecule has 0 aliphatic carbocycles. The lowest BCUT2D eigenvalue weighted by Crippen LogP contribution is -2.40. The van der Waals surface area contributed by atoms with Crippen LogP contribution < -0.4 is 23.8 Å². The maximum Gasteiger partial charge on any atom is 0.241 e. The minimum absolute atomic E-state index is 0.134. The van der Waals surface area contributed by atoms with Crippen LogP contribution in [0.15, 0.2) is 36.4 Å². The first kappa shape index (κ1) is 23.3. The van der Waals surface area contributed by atoms with E-state index >= 15 is 0 Å². The molecule has 0 unspecified atom stereocenters. The standard InChI is InChI=1S/C21H28N2O6S/c1-6-15-9-7-8-10-17(15)23(30(5,25)26)14-19(24)22-13-16-11-12-18(27-2)21(29-4)20(16)28-3/h7-12H,6,13-14H2,1-5H3,(H,22,24). The highest BCUT2D eigenvalue weighted by atomic mass is 32.2. The third-order valence-corrected chi connectivity index (χ3v) is 5.72. The molecule has 0 aliphatic heterocycles. The molecule has 30 heavy (non-hydrogen) atoms. The van der Waals surface area contributed by atoms with Gasteiger partial charge in [0, 0.05) is 12.1 Å². The molecule has 2 rings (SSSR count). The summed E-state index contributed by atoms with van der Waals surface area (Å²) in [5, 5.41) is 2.75. The molecule has 9 heteroatoms. The number of amides is 1. The Labute approximate surface area is 177 Å². The Morgan fingerprint density at radius 2 is 1.63 bits per heavy atom. The number of hydrogen-bond acceptors (Lipinski definition) is 6. The van der Waals surface area contributed by atoms with Crippen molar-refractivity contribution in [2.24, 2.45) is 0 Å². The topological polar surface area (TPSA) is 94.2 Å². The Bertz CT molecular complexity index is 991. The highest BCUT2D eigenvalue weighted by molar-refractivity contribution is 7.92. The van der Waals surface area contributed by atoms with E-state index in [4.69, 9.17) is 14.2 Å². The van der Waals surface area contributed by atoms with Gasteiger partial charge in [-0.2, -0.15) is 0 Å². The summed E-state index contributed by atoms with van der Waals surface area (Å²) in [6.07, 6.45) is 1.73. The molecule has 0 heterocycles. The third-order valence-electron chi connectivity index (χ3n) is 4.59. The maximum atomic E-state index is 12.6. The van der Waals surface area contributed by atoms with Crippen molar-refractivity contribution in [3.8, 4) is 17.2 Å². The van der Waals surface area contributed by atoms with Crippen LogP contribution in [0.3, 0.4) is 0 Å². The second kappa shape index (κ2) is 10.2. The fourth-order valence-corrected chi connectivity index (χ4v) is 4.00. The first-order valence-electron chi connectivity index (χ1n) is 9.36. The summed E-state index contributed by atoms with van der Waals surface area (Å²) >= 11 is 0. The van der Waals surface area contributed by atoms with Gasteiger partial charge < -0.3 is 19.5 Å². The van der Waals surface area contributed by atoms with Gasteiger partial charge in [0.05, 0.1) is 33.3 Å². The van der Waals surface area contributed by atoms with Crippen LogP contribution in [-0.2, 0) is 27.8 Å². The van der Waals surface area contributed by atoms with Gasteiger partial charge in [0.25, 0.3) is 0 Å². The lowest BCUT2D eigenvalue weighted by Gasteiger charge is -2.24. The third kappa shape index (κ3) is 5.35. The van der Waals surface area contributed by atoms with E-state index in [2.05, 4.69) is 5.32 Å². The van der Waals surface area contributed by atoms with Crippen molar-refractivity contribution in [3.63, 3.8) is 0 Å². The minimum atomic E-state index is -3.65. The normalized spacial score (nSPS) is 11.0. The lowest BCUT2D eigenvalue weighted by atomic mass is 10.1. The van der Waals surface area contributed by atoms with Crippen LogP contribution in [0.1, 0.15) is 18.1 Å². The van der Waals surface area contributed by atoms with E-state index in [1.807, 2.05) is 19.1 Å². The van der Waals surface area contributed by atoms with Crippen molar-refractivity contribution < 1.29 is 27.4 Å². The minimum Gasteiger partial charge on any atom is -0.493 e. The molecule has 164 valence electrons. The molecule has 2 aromatic rings. The van der Waals surface area contributed by atoms with Gasteiger partial charge in [-0.3, -0.25) is 9.10 Å². The van der Waals surface area contributed by atoms with Crippen LogP contribution in [-0.4, -0.2) is 48.5 Å². The fourth-order valence-electron chi connectivity index (χ4n) is 3.12. The molecule has 0 fully saturated rings. The van der Waals surface area contributed by atoms with E-state index in [0.717, 1.165) is 16.1 Å². The van der Waals surface area contributed by atoms with E-state index in [-0.39, 0.29) is 13.1 Å². The smallest absolute Gasteiger partial charge is 0.241 e. The zero-order chi connectivity index (χ0) is 22.3. The molecule has 0 atom stereocenters. The zero-order valence-electron chi connectivity index (χ0n) is 17.9. The van der Waals surface area contributed by atoms with E-state index in [9.17, 15) is 13.2 Å². The van der Waals surface area contributed by atoms with Gasteiger partial charge in [0.15, 0.2) is 11.5 Å². The number of methoxy groups -OCH3 is 3. The number of nitrogens with one attached hydrogen (secondary N) is 1. The maximum absolute atomic E-state index is 12.6. The Morgan fingerprint density at radius 1 is 0.967 bits per heavy atom. The molecule has 1 amide bonds. The Kier molecular flexibility index (Phi) is 7.93. The van der Waals surface area contributed by atoms with Crippen LogP contribution in [0.4, 0.5) is 5.69 Å². The average Bonchev–Trinajstić information content (AvgIpc) is 2.74. The molecule has 0 aromatic heterocycles. The van der Waals surface area contributed by atoms with Gasteiger partial charge >= 0.3 is 0 Å². The van der Waals surface area contributed by atoms with E-state index in [1.54, 1.807) is 24.3 Å². The summed E-state index contributed by atoms with van der Waals surface area (Å²) in [5.41, 5.74) is 2.02. The van der Waals surface area contributed by atoms with E-state index < -0.39 is 15.9 Å². The molecule has 0 spiro atoms. The van der Waals surface area contributed by atoms with Crippen molar-refractivity contribution >= 4 is 21.6 Å². The molecular weight excluding hydrogens is 408 g/mol. The predicted octanol–water partition coefficient (Wildman–Crippen LogP) is 2.36. The van der Waals surface area contributed by atoms with E-state index in [0.29, 0.717) is 34.9 Å². The molecular formula is C21H28N2O6S. The van der Waals surface area contributed by atoms with Crippen molar-refractivity contribution in [2.45, 2.75) is 19.9 Å². The molecule has 0 radical (unpaired) electrons. The monoisotopic (exact) mass is 436 g/mol. The van der Waals surface area contributed by atoms with Crippen molar-refractivity contribution in [2.75, 3.05) is 38.4 Å². The van der Waals surface area contributed by atoms with Crippen LogP contribution in [0.5, 0.6) is 17.2 Å². The summed E-state index contributed by atoms with van der Waals surface area (Å²) in [6, 6.07) is 10.6. The second-order valence-corrected chi connectivity index (χ2v) is 8.43. The first-order valence-corrected chi connectivity index (χ1v) is 11.2. The molecule has 0 aliphatic rings. The molecule has 0 saturated carbocycles. The van der Waals surface area contributed by atoms with Gasteiger partial charge in [0.2, 0.25) is 21.7 Å². The fraction of sp³-hybridized carbons (Fsp3) is 0.381. The molecule has 1 N–H and O–H groups in total. The lowest BCUT2D eigenvalue weighted by molar-refractivity contribution is -0.119. The van der Waals surface area contributed by atoms with Gasteiger partial charge in [-0.1, -0.05) is 25.1 Å². The quantitative estimate of drug-likeness (QED) is 0.615. The van der Waals surface area contributed by atoms with Gasteiger partial charge in [-0.25, -0.2) is 8.42 Å². The van der Waals surface area contributed by atoms with Crippen molar-refractivity contribution in [3.05, 3.63) is 47.5 Å². The number of anilines is 1. The average molecular weight is 437 g/mol. The molecule has 0 bridgehead atoms. The highest BCUT2D eigenvalue weighted by Gasteiger charge is 2.23. The van der Waals surface area contributed by atoms with Crippen molar-refractivity contribution in [1.82, 2.24) is 5.32 Å². The second-order valence-electron chi connectivity index (χ2n) is 6.52. The molecule has 0 saturated heterocycles. The summed E-state index contributed by atoms with van der Waals surface area (Å²) in [4.78, 5) is 12.6. The van der Waals surface area contributed by atoms with Crippen LogP contribution >= 0.6 is 0 Å². The van der Waals surface area contributed by atoms with Crippen LogP contribution in [0, 0.1) is 0 Å². The predicted molar refractivity (Wildman–Crippen MR) is 116 cm³/mol. The number of rotatable bonds is 10. The van der Waals surface area contributed by atoms with Gasteiger partial charge in [-0.05, 0) is 30.2 Å². The first-order chi connectivity index (χ1) is 14.3.